The zero-order valence-corrected chi connectivity index (χ0v) is 47.8. The van der Waals surface area contributed by atoms with Gasteiger partial charge in [0.05, 0.1) is 18.2 Å². The Morgan fingerprint density at radius 2 is 0.925 bits per heavy atom. The Hall–Kier alpha value is -6.36. The Morgan fingerprint density at radius 3 is 1.41 bits per heavy atom. The van der Waals surface area contributed by atoms with Crippen LogP contribution in [0.5, 0.6) is 0 Å². The van der Waals surface area contributed by atoms with Gasteiger partial charge in [0, 0.05) is 26.4 Å². The number of hydrogen-bond donors (Lipinski definition) is 17. The lowest BCUT2D eigenvalue weighted by Gasteiger charge is -2.28. The number of likely N-dealkylation sites (N-methyl/N-ethyl adjacent to an activating group) is 1. The van der Waals surface area contributed by atoms with Gasteiger partial charge in [-0.05, 0) is 102 Å². The van der Waals surface area contributed by atoms with Crippen LogP contribution < -0.4 is 81.8 Å². The highest BCUT2D eigenvalue weighted by atomic mass is 16.3. The normalized spacial score (nSPS) is 15.7. The molecule has 10 amide bonds. The van der Waals surface area contributed by atoms with Gasteiger partial charge in [0.1, 0.15) is 48.3 Å². The van der Waals surface area contributed by atoms with Gasteiger partial charge in [0.15, 0.2) is 0 Å². The number of nitrogens with two attached hydrogens (primary N) is 5. The third-order valence-corrected chi connectivity index (χ3v) is 13.1. The van der Waals surface area contributed by atoms with E-state index in [1.165, 1.54) is 20.9 Å². The maximum Gasteiger partial charge on any atom is 0.245 e. The summed E-state index contributed by atoms with van der Waals surface area (Å²) >= 11 is 0. The van der Waals surface area contributed by atoms with Crippen molar-refractivity contribution in [2.45, 2.75) is 185 Å². The van der Waals surface area contributed by atoms with Gasteiger partial charge in [-0.25, -0.2) is 0 Å². The van der Waals surface area contributed by atoms with Gasteiger partial charge in [0.2, 0.25) is 59.1 Å². The van der Waals surface area contributed by atoms with Crippen molar-refractivity contribution in [1.29, 1.82) is 0 Å². The summed E-state index contributed by atoms with van der Waals surface area (Å²) in [7, 11) is 1.42. The van der Waals surface area contributed by atoms with E-state index in [2.05, 4.69) is 67.0 Å². The standard InChI is InChI=1S/C53H95N15O12/c1-8-31(4)14-12-13-17-42(71)61-36(19-24-55)50(77)68-44(33(6)70)53(80)64-38(21-26-57)47(74)63-39(22-27-60-52(79)43(32(5)69)67-45(72)35(58)18-23-54)49(76)62-37(20-25-56)48(75)66-41(29-34-15-10-9-11-16-34)51(78)65-40(28-30(2)3)46(73)59-7/h9-11,15-16,30-33,35-41,43-44,69-70H,8,12-14,17-29,54-58H2,1-7H3,(H,59,73)(H,60,79)(H,61,71)(H,62,76)(H,63,74)(H,64,80)(H,65,78)(H,66,75)(H,67,72)(H,68,77)/t31?,32-,33-,35+,36+,37+,38+,39+,40+,41-,43+,44+/m1/s1. The number of hydrogen-bond acceptors (Lipinski definition) is 17. The van der Waals surface area contributed by atoms with Gasteiger partial charge in [0.25, 0.3) is 0 Å². The lowest BCUT2D eigenvalue weighted by molar-refractivity contribution is -0.137. The molecule has 0 aliphatic carbocycles. The largest absolute Gasteiger partial charge is 0.391 e. The number of amides is 10. The second-order valence-electron chi connectivity index (χ2n) is 20.6. The zero-order valence-electron chi connectivity index (χ0n) is 47.8. The molecule has 0 radical (unpaired) electrons. The van der Waals surface area contributed by atoms with E-state index in [4.69, 9.17) is 28.7 Å². The topological polar surface area (TPSA) is 462 Å². The SMILES string of the molecule is CCC(C)CCCCC(=O)N[C@@H](CCN)C(=O)N[C@H](C(=O)N[C@@H](CCN)C(=O)N[C@@H](CCNC(=O)[C@@H](NC(=O)[C@@H](N)CCN)[C@@H](C)O)C(=O)N[C@@H](CCN)C(=O)N[C@H](Cc1ccccc1)C(=O)N[C@@H](CC(C)C)C(=O)NC)[C@@H](C)O. The van der Waals surface area contributed by atoms with Crippen LogP contribution in [0.25, 0.3) is 0 Å². The monoisotopic (exact) mass is 1130 g/mol. The second kappa shape index (κ2) is 39.1. The number of aliphatic hydroxyl groups excluding tert-OH is 2. The van der Waals surface area contributed by atoms with Crippen molar-refractivity contribution in [3.63, 3.8) is 0 Å². The average molecular weight is 1130 g/mol. The first-order valence-electron chi connectivity index (χ1n) is 27.7. The van der Waals surface area contributed by atoms with Crippen LogP contribution in [0.4, 0.5) is 0 Å². The molecule has 0 saturated carbocycles. The number of benzene rings is 1. The minimum absolute atomic E-state index is 0.00658. The molecule has 0 aromatic heterocycles. The first-order valence-corrected chi connectivity index (χ1v) is 27.7. The first-order chi connectivity index (χ1) is 37.9. The smallest absolute Gasteiger partial charge is 0.245 e. The highest BCUT2D eigenvalue weighted by Gasteiger charge is 2.36. The van der Waals surface area contributed by atoms with E-state index in [1.54, 1.807) is 30.3 Å². The van der Waals surface area contributed by atoms with Crippen molar-refractivity contribution in [3.8, 4) is 0 Å². The van der Waals surface area contributed by atoms with E-state index in [9.17, 15) is 58.2 Å². The summed E-state index contributed by atoms with van der Waals surface area (Å²) in [5.74, 6) is -7.52. The van der Waals surface area contributed by atoms with Crippen LogP contribution in [0.2, 0.25) is 0 Å². The van der Waals surface area contributed by atoms with Gasteiger partial charge >= 0.3 is 0 Å². The lowest BCUT2D eigenvalue weighted by atomic mass is 10.0. The van der Waals surface area contributed by atoms with E-state index >= 15 is 0 Å². The molecule has 12 atom stereocenters. The Kier molecular flexibility index (Phi) is 35.0. The maximum atomic E-state index is 14.4. The average Bonchev–Trinajstić information content (AvgIpc) is 3.40. The fourth-order valence-corrected chi connectivity index (χ4v) is 8.20. The third kappa shape index (κ3) is 27.2. The molecule has 454 valence electrons. The van der Waals surface area contributed by atoms with Crippen LogP contribution in [0.3, 0.4) is 0 Å². The quantitative estimate of drug-likeness (QED) is 0.0275. The Balaban J connectivity index is 3.61. The van der Waals surface area contributed by atoms with Crippen molar-refractivity contribution >= 4 is 59.1 Å². The van der Waals surface area contributed by atoms with Gasteiger partial charge in [-0.3, -0.25) is 47.9 Å². The molecule has 1 aromatic carbocycles. The maximum absolute atomic E-state index is 14.4. The van der Waals surface area contributed by atoms with Crippen molar-refractivity contribution in [2.24, 2.45) is 40.5 Å². The lowest BCUT2D eigenvalue weighted by Crippen LogP contribution is -2.62. The highest BCUT2D eigenvalue weighted by molar-refractivity contribution is 5.98. The van der Waals surface area contributed by atoms with E-state index < -0.39 is 139 Å². The van der Waals surface area contributed by atoms with Gasteiger partial charge in [-0.15, -0.1) is 0 Å². The summed E-state index contributed by atoms with van der Waals surface area (Å²) in [6.07, 6.45) is -0.0748. The van der Waals surface area contributed by atoms with Crippen LogP contribution in [0.15, 0.2) is 30.3 Å². The number of aliphatic hydroxyl groups is 2. The summed E-state index contributed by atoms with van der Waals surface area (Å²) < 4.78 is 0. The van der Waals surface area contributed by atoms with Crippen LogP contribution in [-0.4, -0.2) is 176 Å². The molecule has 1 aromatic rings. The Bertz CT molecular complexity index is 2100. The third-order valence-electron chi connectivity index (χ3n) is 13.1. The minimum Gasteiger partial charge on any atom is -0.391 e. The molecule has 0 aliphatic heterocycles. The fourth-order valence-electron chi connectivity index (χ4n) is 8.20. The molecule has 27 nitrogen and oxygen atoms in total. The summed E-state index contributed by atoms with van der Waals surface area (Å²) in [4.78, 5) is 136. The molecule has 22 N–H and O–H groups in total. The van der Waals surface area contributed by atoms with Crippen LogP contribution in [0, 0.1) is 11.8 Å². The number of nitrogens with one attached hydrogen (secondary N) is 10. The molecule has 1 rings (SSSR count). The van der Waals surface area contributed by atoms with Crippen molar-refractivity contribution in [3.05, 3.63) is 35.9 Å². The van der Waals surface area contributed by atoms with Crippen LogP contribution >= 0.6 is 0 Å². The number of unbranched alkanes of at least 4 members (excludes halogenated alkanes) is 1. The zero-order chi connectivity index (χ0) is 60.5. The number of rotatable bonds is 40. The van der Waals surface area contributed by atoms with Crippen molar-refractivity contribution in [2.75, 3.05) is 39.8 Å². The van der Waals surface area contributed by atoms with E-state index in [0.717, 1.165) is 19.3 Å². The number of carbonyl (C=O) groups excluding carboxylic acids is 10. The Labute approximate surface area is 470 Å². The fraction of sp³-hybridized carbons (Fsp3) is 0.698. The predicted octanol–water partition coefficient (Wildman–Crippen LogP) is -4.50. The van der Waals surface area contributed by atoms with E-state index in [1.807, 2.05) is 13.8 Å². The molecular weight excluding hydrogens is 1040 g/mol. The summed E-state index contributed by atoms with van der Waals surface area (Å²) in [6.45, 7) is 9.65. The molecule has 80 heavy (non-hydrogen) atoms. The molecule has 0 spiro atoms. The molecule has 0 heterocycles. The van der Waals surface area contributed by atoms with Crippen molar-refractivity contribution < 1.29 is 58.2 Å². The minimum atomic E-state index is -1.68. The van der Waals surface area contributed by atoms with Gasteiger partial charge < -0.3 is 92.0 Å². The molecule has 1 unspecified atom stereocenters. The van der Waals surface area contributed by atoms with E-state index in [0.29, 0.717) is 17.9 Å². The van der Waals surface area contributed by atoms with E-state index in [-0.39, 0.29) is 77.0 Å². The second-order valence-corrected chi connectivity index (χ2v) is 20.6. The first kappa shape index (κ1) is 71.7. The summed E-state index contributed by atoms with van der Waals surface area (Å²) in [5, 5.41) is 46.6. The molecule has 27 heteroatoms. The molecular formula is C53H95N15O12. The van der Waals surface area contributed by atoms with Crippen LogP contribution in [-0.2, 0) is 54.4 Å². The number of carbonyl (C=O) groups is 10. The highest BCUT2D eigenvalue weighted by Crippen LogP contribution is 2.13. The predicted molar refractivity (Wildman–Crippen MR) is 301 cm³/mol. The van der Waals surface area contributed by atoms with Gasteiger partial charge in [-0.2, -0.15) is 0 Å². The molecule has 0 fully saturated rings. The van der Waals surface area contributed by atoms with Crippen molar-refractivity contribution in [1.82, 2.24) is 53.2 Å². The van der Waals surface area contributed by atoms with Gasteiger partial charge in [-0.1, -0.05) is 77.3 Å². The molecule has 0 aliphatic rings. The summed E-state index contributed by atoms with van der Waals surface area (Å²) in [5.41, 5.74) is 29.6. The summed E-state index contributed by atoms with van der Waals surface area (Å²) in [6, 6.07) is -3.65. The van der Waals surface area contributed by atoms with Crippen LogP contribution in [0.1, 0.15) is 118 Å². The molecule has 0 bridgehead atoms. The molecule has 0 saturated heterocycles. The Morgan fingerprint density at radius 1 is 0.487 bits per heavy atom.